The highest BCUT2D eigenvalue weighted by molar-refractivity contribution is 6.17. The summed E-state index contributed by atoms with van der Waals surface area (Å²) in [6.07, 6.45) is 2.49. The molecule has 1 rings (SSSR count). The van der Waals surface area contributed by atoms with Gasteiger partial charge in [0.15, 0.2) is 0 Å². The molecule has 0 aromatic heterocycles. The SMILES string of the molecule is Cc1cc(N(CCC(C)C)CCC(C)C)ccc1CCl. The minimum Gasteiger partial charge on any atom is -0.372 e. The van der Waals surface area contributed by atoms with Crippen molar-refractivity contribution < 1.29 is 0 Å². The van der Waals surface area contributed by atoms with Gasteiger partial charge in [-0.2, -0.15) is 0 Å². The summed E-state index contributed by atoms with van der Waals surface area (Å²) in [6, 6.07) is 6.69. The van der Waals surface area contributed by atoms with Crippen molar-refractivity contribution in [2.24, 2.45) is 11.8 Å². The lowest BCUT2D eigenvalue weighted by molar-refractivity contribution is 0.535. The summed E-state index contributed by atoms with van der Waals surface area (Å²) in [5, 5.41) is 0. The Balaban J connectivity index is 2.82. The van der Waals surface area contributed by atoms with Crippen LogP contribution in [0.25, 0.3) is 0 Å². The van der Waals surface area contributed by atoms with Crippen LogP contribution >= 0.6 is 11.6 Å². The number of nitrogens with zero attached hydrogens (tertiary/aromatic N) is 1. The second kappa shape index (κ2) is 8.56. The Hall–Kier alpha value is -0.690. The molecule has 0 bridgehead atoms. The quantitative estimate of drug-likeness (QED) is 0.562. The topological polar surface area (TPSA) is 3.24 Å². The van der Waals surface area contributed by atoms with E-state index in [1.807, 2.05) is 0 Å². The van der Waals surface area contributed by atoms with E-state index in [-0.39, 0.29) is 0 Å². The fraction of sp³-hybridized carbons (Fsp3) is 0.667. The number of rotatable bonds is 8. The molecule has 0 heterocycles. The zero-order valence-corrected chi connectivity index (χ0v) is 14.5. The van der Waals surface area contributed by atoms with Crippen LogP contribution in [0, 0.1) is 18.8 Å². The van der Waals surface area contributed by atoms with Crippen molar-refractivity contribution in [1.82, 2.24) is 0 Å². The molecular formula is C18H30ClN. The van der Waals surface area contributed by atoms with Crippen molar-refractivity contribution in [3.05, 3.63) is 29.3 Å². The average molecular weight is 296 g/mol. The maximum Gasteiger partial charge on any atom is 0.0476 e. The van der Waals surface area contributed by atoms with Crippen molar-refractivity contribution >= 4 is 17.3 Å². The number of hydrogen-bond donors (Lipinski definition) is 0. The van der Waals surface area contributed by atoms with Crippen LogP contribution < -0.4 is 4.90 Å². The van der Waals surface area contributed by atoms with Gasteiger partial charge in [-0.1, -0.05) is 33.8 Å². The molecule has 0 radical (unpaired) electrons. The van der Waals surface area contributed by atoms with E-state index >= 15 is 0 Å². The van der Waals surface area contributed by atoms with Gasteiger partial charge in [-0.3, -0.25) is 0 Å². The molecule has 0 unspecified atom stereocenters. The van der Waals surface area contributed by atoms with Gasteiger partial charge in [-0.05, 0) is 54.9 Å². The van der Waals surface area contributed by atoms with Crippen LogP contribution in [0.1, 0.15) is 51.7 Å². The summed E-state index contributed by atoms with van der Waals surface area (Å²) < 4.78 is 0. The zero-order valence-electron chi connectivity index (χ0n) is 13.7. The molecule has 0 saturated carbocycles. The molecule has 0 fully saturated rings. The summed E-state index contributed by atoms with van der Waals surface area (Å²) in [6.45, 7) is 13.6. The summed E-state index contributed by atoms with van der Waals surface area (Å²) in [5.74, 6) is 2.10. The number of hydrogen-bond acceptors (Lipinski definition) is 1. The predicted molar refractivity (Wildman–Crippen MR) is 91.9 cm³/mol. The maximum absolute atomic E-state index is 5.96. The smallest absolute Gasteiger partial charge is 0.0476 e. The second-order valence-corrected chi connectivity index (χ2v) is 6.86. The first kappa shape index (κ1) is 17.4. The Bertz CT molecular complexity index is 386. The Morgan fingerprint density at radius 2 is 1.55 bits per heavy atom. The lowest BCUT2D eigenvalue weighted by atomic mass is 10.1. The highest BCUT2D eigenvalue weighted by atomic mass is 35.5. The van der Waals surface area contributed by atoms with Gasteiger partial charge in [-0.15, -0.1) is 11.6 Å². The fourth-order valence-corrected chi connectivity index (χ4v) is 2.52. The third kappa shape index (κ3) is 5.75. The lowest BCUT2D eigenvalue weighted by Crippen LogP contribution is -2.27. The zero-order chi connectivity index (χ0) is 15.1. The van der Waals surface area contributed by atoms with E-state index in [1.54, 1.807) is 0 Å². The number of halogens is 1. The van der Waals surface area contributed by atoms with Crippen molar-refractivity contribution in [2.75, 3.05) is 18.0 Å². The van der Waals surface area contributed by atoms with E-state index in [0.29, 0.717) is 5.88 Å². The third-order valence-corrected chi connectivity index (χ3v) is 4.08. The van der Waals surface area contributed by atoms with E-state index in [9.17, 15) is 0 Å². The lowest BCUT2D eigenvalue weighted by Gasteiger charge is -2.27. The van der Waals surface area contributed by atoms with Crippen LogP contribution in [-0.2, 0) is 5.88 Å². The molecule has 0 saturated heterocycles. The highest BCUT2D eigenvalue weighted by Gasteiger charge is 2.10. The molecule has 0 aliphatic carbocycles. The summed E-state index contributed by atoms with van der Waals surface area (Å²) in [5.41, 5.74) is 3.89. The average Bonchev–Trinajstić information content (AvgIpc) is 2.38. The maximum atomic E-state index is 5.96. The second-order valence-electron chi connectivity index (χ2n) is 6.60. The first-order valence-electron chi connectivity index (χ1n) is 7.84. The Morgan fingerprint density at radius 3 is 1.95 bits per heavy atom. The van der Waals surface area contributed by atoms with Crippen LogP contribution in [0.15, 0.2) is 18.2 Å². The molecule has 0 N–H and O–H groups in total. The predicted octanol–water partition coefficient (Wildman–Crippen LogP) is 5.63. The first-order chi connectivity index (χ1) is 9.43. The molecule has 1 aromatic carbocycles. The molecule has 114 valence electrons. The van der Waals surface area contributed by atoms with Crippen LogP contribution in [0.4, 0.5) is 5.69 Å². The standard InChI is InChI=1S/C18H30ClN/c1-14(2)8-10-20(11-9-15(3)4)18-7-6-17(13-19)16(5)12-18/h6-7,12,14-15H,8-11,13H2,1-5H3. The summed E-state index contributed by atoms with van der Waals surface area (Å²) >= 11 is 5.96. The molecule has 0 aliphatic heterocycles. The van der Waals surface area contributed by atoms with Crippen molar-refractivity contribution in [1.29, 1.82) is 0 Å². The molecule has 1 nitrogen and oxygen atoms in total. The molecule has 0 atom stereocenters. The largest absolute Gasteiger partial charge is 0.372 e. The van der Waals surface area contributed by atoms with E-state index in [1.165, 1.54) is 29.7 Å². The first-order valence-corrected chi connectivity index (χ1v) is 8.38. The van der Waals surface area contributed by atoms with Crippen LogP contribution in [0.2, 0.25) is 0 Å². The summed E-state index contributed by atoms with van der Waals surface area (Å²) in [7, 11) is 0. The molecular weight excluding hydrogens is 266 g/mol. The fourth-order valence-electron chi connectivity index (χ4n) is 2.22. The van der Waals surface area contributed by atoms with Gasteiger partial charge >= 0.3 is 0 Å². The van der Waals surface area contributed by atoms with E-state index in [0.717, 1.165) is 24.9 Å². The van der Waals surface area contributed by atoms with E-state index in [4.69, 9.17) is 11.6 Å². The molecule has 0 spiro atoms. The summed E-state index contributed by atoms with van der Waals surface area (Å²) in [4.78, 5) is 2.53. The Kier molecular flexibility index (Phi) is 7.43. The monoisotopic (exact) mass is 295 g/mol. The highest BCUT2D eigenvalue weighted by Crippen LogP contribution is 2.22. The van der Waals surface area contributed by atoms with Gasteiger partial charge in [0, 0.05) is 24.7 Å². The van der Waals surface area contributed by atoms with Crippen molar-refractivity contribution in [2.45, 2.75) is 53.3 Å². The molecule has 2 heteroatoms. The molecule has 0 aliphatic rings. The normalized spacial score (nSPS) is 11.4. The van der Waals surface area contributed by atoms with Crippen molar-refractivity contribution in [3.63, 3.8) is 0 Å². The van der Waals surface area contributed by atoms with Crippen molar-refractivity contribution in [3.8, 4) is 0 Å². The van der Waals surface area contributed by atoms with E-state index in [2.05, 4.69) is 57.7 Å². The molecule has 20 heavy (non-hydrogen) atoms. The Morgan fingerprint density at radius 1 is 1.00 bits per heavy atom. The van der Waals surface area contributed by atoms with Gasteiger partial charge in [0.05, 0.1) is 0 Å². The van der Waals surface area contributed by atoms with Crippen LogP contribution in [0.5, 0.6) is 0 Å². The third-order valence-electron chi connectivity index (χ3n) is 3.79. The number of aryl methyl sites for hydroxylation is 1. The minimum atomic E-state index is 0.601. The number of alkyl halides is 1. The van der Waals surface area contributed by atoms with Crippen LogP contribution in [-0.4, -0.2) is 13.1 Å². The van der Waals surface area contributed by atoms with Crippen LogP contribution in [0.3, 0.4) is 0 Å². The molecule has 1 aromatic rings. The number of anilines is 1. The van der Waals surface area contributed by atoms with Gasteiger partial charge in [0.2, 0.25) is 0 Å². The Labute approximate surface area is 130 Å². The van der Waals surface area contributed by atoms with Gasteiger partial charge < -0.3 is 4.90 Å². The van der Waals surface area contributed by atoms with Gasteiger partial charge in [0.25, 0.3) is 0 Å². The number of benzene rings is 1. The molecule has 0 amide bonds. The minimum absolute atomic E-state index is 0.601. The van der Waals surface area contributed by atoms with E-state index < -0.39 is 0 Å². The van der Waals surface area contributed by atoms with Gasteiger partial charge in [-0.25, -0.2) is 0 Å². The van der Waals surface area contributed by atoms with Gasteiger partial charge in [0.1, 0.15) is 0 Å².